The van der Waals surface area contributed by atoms with E-state index in [4.69, 9.17) is 0 Å². The highest BCUT2D eigenvalue weighted by atomic mass is 16.4. The summed E-state index contributed by atoms with van der Waals surface area (Å²) in [7, 11) is -1.38. The zero-order valence-electron chi connectivity index (χ0n) is 12.1. The molecule has 108 valence electrons. The van der Waals surface area contributed by atoms with Gasteiger partial charge in [-0.05, 0) is 37.3 Å². The summed E-state index contributed by atoms with van der Waals surface area (Å²) in [4.78, 5) is 5.14. The molecule has 2 fully saturated rings. The molecule has 2 aliphatic heterocycles. The Morgan fingerprint density at radius 2 is 2.15 bits per heavy atom. The van der Waals surface area contributed by atoms with Crippen LogP contribution < -0.4 is 5.46 Å². The van der Waals surface area contributed by atoms with E-state index in [1.165, 1.54) is 19.4 Å². The maximum absolute atomic E-state index is 9.26. The van der Waals surface area contributed by atoms with Gasteiger partial charge in [0.2, 0.25) is 0 Å². The summed E-state index contributed by atoms with van der Waals surface area (Å²) in [5.74, 6) is 0. The van der Waals surface area contributed by atoms with Crippen molar-refractivity contribution in [3.63, 3.8) is 0 Å². The first-order valence-electron chi connectivity index (χ1n) is 7.56. The van der Waals surface area contributed by atoms with Crippen molar-refractivity contribution in [3.05, 3.63) is 29.8 Å². The SMILES string of the molecule is CC1CN2CCCC2CN1Cc1cccc(B(O)O)c1. The first kappa shape index (κ1) is 14.1. The Morgan fingerprint density at radius 1 is 1.30 bits per heavy atom. The molecular weight excluding hydrogens is 251 g/mol. The van der Waals surface area contributed by atoms with E-state index in [9.17, 15) is 10.0 Å². The molecule has 2 unspecified atom stereocenters. The van der Waals surface area contributed by atoms with Crippen molar-refractivity contribution in [2.75, 3.05) is 19.6 Å². The lowest BCUT2D eigenvalue weighted by Crippen LogP contribution is -2.54. The van der Waals surface area contributed by atoms with Gasteiger partial charge in [0.25, 0.3) is 0 Å². The molecule has 1 aromatic rings. The van der Waals surface area contributed by atoms with E-state index in [0.29, 0.717) is 11.5 Å². The summed E-state index contributed by atoms with van der Waals surface area (Å²) >= 11 is 0. The van der Waals surface area contributed by atoms with E-state index in [1.807, 2.05) is 12.1 Å². The minimum absolute atomic E-state index is 0.562. The van der Waals surface area contributed by atoms with Gasteiger partial charge in [0.15, 0.2) is 0 Å². The van der Waals surface area contributed by atoms with Crippen LogP contribution in [0.1, 0.15) is 25.3 Å². The molecule has 2 atom stereocenters. The first-order chi connectivity index (χ1) is 9.63. The second-order valence-electron chi connectivity index (χ2n) is 6.19. The number of nitrogens with zero attached hydrogens (tertiary/aromatic N) is 2. The number of hydrogen-bond acceptors (Lipinski definition) is 4. The Bertz CT molecular complexity index is 469. The van der Waals surface area contributed by atoms with Gasteiger partial charge in [-0.25, -0.2) is 0 Å². The summed E-state index contributed by atoms with van der Waals surface area (Å²) < 4.78 is 0. The molecule has 0 amide bonds. The molecule has 0 spiro atoms. The summed E-state index contributed by atoms with van der Waals surface area (Å²) in [6.45, 7) is 6.74. The van der Waals surface area contributed by atoms with E-state index >= 15 is 0 Å². The number of hydrogen-bond donors (Lipinski definition) is 2. The van der Waals surface area contributed by atoms with Crippen LogP contribution in [-0.4, -0.2) is 58.7 Å². The van der Waals surface area contributed by atoms with Crippen LogP contribution in [0.3, 0.4) is 0 Å². The van der Waals surface area contributed by atoms with E-state index in [-0.39, 0.29) is 0 Å². The molecule has 2 aliphatic rings. The van der Waals surface area contributed by atoms with Crippen molar-refractivity contribution in [2.24, 2.45) is 0 Å². The molecule has 2 saturated heterocycles. The quantitative estimate of drug-likeness (QED) is 0.764. The predicted molar refractivity (Wildman–Crippen MR) is 80.7 cm³/mol. The van der Waals surface area contributed by atoms with Crippen LogP contribution in [-0.2, 0) is 6.54 Å². The first-order valence-corrected chi connectivity index (χ1v) is 7.56. The third kappa shape index (κ3) is 2.91. The number of benzene rings is 1. The lowest BCUT2D eigenvalue weighted by Gasteiger charge is -2.42. The lowest BCUT2D eigenvalue weighted by molar-refractivity contribution is 0.0540. The molecule has 0 aromatic heterocycles. The molecule has 0 saturated carbocycles. The van der Waals surface area contributed by atoms with Crippen molar-refractivity contribution in [1.82, 2.24) is 9.80 Å². The molecule has 0 radical (unpaired) electrons. The van der Waals surface area contributed by atoms with E-state index < -0.39 is 7.12 Å². The Kier molecular flexibility index (Phi) is 4.12. The second kappa shape index (κ2) is 5.86. The maximum atomic E-state index is 9.26. The zero-order valence-corrected chi connectivity index (χ0v) is 12.1. The van der Waals surface area contributed by atoms with Crippen LogP contribution in [0.4, 0.5) is 0 Å². The summed E-state index contributed by atoms with van der Waals surface area (Å²) in [6, 6.07) is 8.91. The maximum Gasteiger partial charge on any atom is 0.488 e. The van der Waals surface area contributed by atoms with Crippen molar-refractivity contribution < 1.29 is 10.0 Å². The van der Waals surface area contributed by atoms with E-state index in [1.54, 1.807) is 6.07 Å². The van der Waals surface area contributed by atoms with Gasteiger partial charge in [-0.15, -0.1) is 0 Å². The van der Waals surface area contributed by atoms with Crippen molar-refractivity contribution in [1.29, 1.82) is 0 Å². The van der Waals surface area contributed by atoms with Gasteiger partial charge in [-0.3, -0.25) is 9.80 Å². The Hall–Kier alpha value is -0.875. The fourth-order valence-electron chi connectivity index (χ4n) is 3.55. The molecule has 20 heavy (non-hydrogen) atoms. The van der Waals surface area contributed by atoms with Crippen LogP contribution >= 0.6 is 0 Å². The average Bonchev–Trinajstić information content (AvgIpc) is 2.86. The van der Waals surface area contributed by atoms with Gasteiger partial charge in [-0.1, -0.05) is 24.3 Å². The fourth-order valence-corrected chi connectivity index (χ4v) is 3.55. The summed E-state index contributed by atoms with van der Waals surface area (Å²) in [5, 5.41) is 18.5. The van der Waals surface area contributed by atoms with Crippen molar-refractivity contribution in [3.8, 4) is 0 Å². The van der Waals surface area contributed by atoms with Crippen LogP contribution in [0.2, 0.25) is 0 Å². The van der Waals surface area contributed by atoms with Crippen LogP contribution in [0.25, 0.3) is 0 Å². The zero-order chi connectivity index (χ0) is 14.1. The van der Waals surface area contributed by atoms with Crippen molar-refractivity contribution in [2.45, 2.75) is 38.4 Å². The summed E-state index contributed by atoms with van der Waals surface area (Å²) in [6.07, 6.45) is 2.65. The molecule has 2 N–H and O–H groups in total. The van der Waals surface area contributed by atoms with Crippen LogP contribution in [0, 0.1) is 0 Å². The second-order valence-corrected chi connectivity index (χ2v) is 6.19. The molecule has 3 rings (SSSR count). The standard InChI is InChI=1S/C15H23BN2O2/c1-12-9-17-7-3-6-15(17)11-18(12)10-13-4-2-5-14(8-13)16(19)20/h2,4-5,8,12,15,19-20H,3,6-7,9-11H2,1H3. The molecule has 4 nitrogen and oxygen atoms in total. The molecule has 0 aliphatic carbocycles. The fraction of sp³-hybridized carbons (Fsp3) is 0.600. The normalized spacial score (nSPS) is 27.6. The Labute approximate surface area is 121 Å². The third-order valence-electron chi connectivity index (χ3n) is 4.70. The van der Waals surface area contributed by atoms with E-state index in [2.05, 4.69) is 22.8 Å². The van der Waals surface area contributed by atoms with Gasteiger partial charge < -0.3 is 10.0 Å². The smallest absolute Gasteiger partial charge is 0.423 e. The largest absolute Gasteiger partial charge is 0.488 e. The highest BCUT2D eigenvalue weighted by Crippen LogP contribution is 2.25. The topological polar surface area (TPSA) is 46.9 Å². The lowest BCUT2D eigenvalue weighted by atomic mass is 9.79. The molecule has 1 aromatic carbocycles. The van der Waals surface area contributed by atoms with Crippen molar-refractivity contribution >= 4 is 12.6 Å². The molecule has 5 heteroatoms. The molecule has 2 heterocycles. The number of fused-ring (bicyclic) bond motifs is 1. The number of rotatable bonds is 3. The van der Waals surface area contributed by atoms with Gasteiger partial charge in [0.1, 0.15) is 0 Å². The molecule has 0 bridgehead atoms. The van der Waals surface area contributed by atoms with Gasteiger partial charge in [0.05, 0.1) is 0 Å². The van der Waals surface area contributed by atoms with Gasteiger partial charge in [-0.2, -0.15) is 0 Å². The highest BCUT2D eigenvalue weighted by Gasteiger charge is 2.34. The third-order valence-corrected chi connectivity index (χ3v) is 4.70. The van der Waals surface area contributed by atoms with Crippen LogP contribution in [0.15, 0.2) is 24.3 Å². The monoisotopic (exact) mass is 274 g/mol. The number of piperazine rings is 1. The van der Waals surface area contributed by atoms with Gasteiger partial charge >= 0.3 is 7.12 Å². The predicted octanol–water partition coefficient (Wildman–Crippen LogP) is 0.0349. The Balaban J connectivity index is 1.69. The highest BCUT2D eigenvalue weighted by molar-refractivity contribution is 6.58. The van der Waals surface area contributed by atoms with E-state index in [0.717, 1.165) is 31.2 Å². The van der Waals surface area contributed by atoms with Crippen LogP contribution in [0.5, 0.6) is 0 Å². The van der Waals surface area contributed by atoms with Gasteiger partial charge in [0, 0.05) is 31.7 Å². The minimum atomic E-state index is -1.38. The Morgan fingerprint density at radius 3 is 2.95 bits per heavy atom. The minimum Gasteiger partial charge on any atom is -0.423 e. The summed E-state index contributed by atoms with van der Waals surface area (Å²) in [5.41, 5.74) is 1.74. The molecular formula is C15H23BN2O2. The average molecular weight is 274 g/mol.